The molecule has 0 bridgehead atoms. The lowest BCUT2D eigenvalue weighted by atomic mass is 10.00. The lowest BCUT2D eigenvalue weighted by Crippen LogP contribution is -2.38. The molecule has 9 heteroatoms. The van der Waals surface area contributed by atoms with E-state index in [4.69, 9.17) is 9.72 Å². The van der Waals surface area contributed by atoms with Crippen molar-refractivity contribution in [1.82, 2.24) is 18.7 Å². The highest BCUT2D eigenvalue weighted by atomic mass is 16.5. The predicted molar refractivity (Wildman–Crippen MR) is 124 cm³/mol. The molecule has 1 saturated heterocycles. The van der Waals surface area contributed by atoms with E-state index in [1.54, 1.807) is 11.6 Å². The first-order valence-electron chi connectivity index (χ1n) is 11.0. The van der Waals surface area contributed by atoms with Crippen LogP contribution in [0.2, 0.25) is 0 Å². The van der Waals surface area contributed by atoms with Crippen molar-refractivity contribution in [3.8, 4) is 5.75 Å². The van der Waals surface area contributed by atoms with Gasteiger partial charge in [0.2, 0.25) is 5.95 Å². The number of imidazole rings is 1. The van der Waals surface area contributed by atoms with Crippen LogP contribution in [-0.4, -0.2) is 49.6 Å². The maximum absolute atomic E-state index is 13.0. The van der Waals surface area contributed by atoms with Crippen LogP contribution in [-0.2, 0) is 20.6 Å². The molecule has 1 aliphatic heterocycles. The maximum atomic E-state index is 13.0. The molecular weight excluding hydrogens is 410 g/mol. The van der Waals surface area contributed by atoms with Crippen molar-refractivity contribution in [1.29, 1.82) is 0 Å². The van der Waals surface area contributed by atoms with Gasteiger partial charge in [-0.25, -0.2) is 4.79 Å². The van der Waals surface area contributed by atoms with Gasteiger partial charge in [-0.3, -0.25) is 13.9 Å². The third kappa shape index (κ3) is 4.17. The van der Waals surface area contributed by atoms with Gasteiger partial charge in [-0.05, 0) is 43.4 Å². The lowest BCUT2D eigenvalue weighted by Gasteiger charge is -2.31. The van der Waals surface area contributed by atoms with Gasteiger partial charge in [0.1, 0.15) is 18.5 Å². The molecule has 0 radical (unpaired) electrons. The van der Waals surface area contributed by atoms with Crippen molar-refractivity contribution < 1.29 is 9.84 Å². The third-order valence-electron chi connectivity index (χ3n) is 6.22. The average molecular weight is 442 g/mol. The van der Waals surface area contributed by atoms with E-state index < -0.39 is 17.4 Å². The van der Waals surface area contributed by atoms with Crippen molar-refractivity contribution in [2.75, 3.05) is 24.6 Å². The van der Waals surface area contributed by atoms with Crippen LogP contribution in [0, 0.1) is 12.8 Å². The van der Waals surface area contributed by atoms with Gasteiger partial charge in [0.05, 0.1) is 6.54 Å². The number of anilines is 1. The van der Waals surface area contributed by atoms with E-state index in [2.05, 4.69) is 11.8 Å². The minimum atomic E-state index is -0.864. The number of aliphatic hydroxyl groups excluding tert-OH is 1. The van der Waals surface area contributed by atoms with Gasteiger partial charge in [0.15, 0.2) is 11.2 Å². The van der Waals surface area contributed by atoms with Gasteiger partial charge in [-0.2, -0.15) is 4.98 Å². The molecule has 0 aliphatic carbocycles. The molecule has 1 atom stereocenters. The minimum Gasteiger partial charge on any atom is -0.491 e. The van der Waals surface area contributed by atoms with Gasteiger partial charge in [0.25, 0.3) is 5.56 Å². The molecule has 1 aliphatic rings. The van der Waals surface area contributed by atoms with Crippen molar-refractivity contribution in [2.24, 2.45) is 20.0 Å². The number of aliphatic hydroxyl groups is 1. The number of hydrogen-bond donors (Lipinski definition) is 1. The Balaban J connectivity index is 1.70. The van der Waals surface area contributed by atoms with Gasteiger partial charge >= 0.3 is 5.69 Å². The second kappa shape index (κ2) is 8.82. The largest absolute Gasteiger partial charge is 0.491 e. The molecule has 32 heavy (non-hydrogen) atoms. The first-order valence-corrected chi connectivity index (χ1v) is 11.0. The van der Waals surface area contributed by atoms with Crippen LogP contribution in [0.5, 0.6) is 5.75 Å². The summed E-state index contributed by atoms with van der Waals surface area (Å²) in [5, 5.41) is 10.8. The average Bonchev–Trinajstić information content (AvgIpc) is 3.14. The standard InChI is InChI=1S/C23H31N5O4/c1-15-8-10-27(11-9-15)22-24-20-19(21(30)26(4)23(31)25(20)3)28(22)13-17(29)14-32-18-7-5-6-16(2)12-18/h5-7,12,15,17,29H,8-11,13-14H2,1-4H3. The Kier molecular flexibility index (Phi) is 6.10. The van der Waals surface area contributed by atoms with E-state index in [0.29, 0.717) is 28.8 Å². The van der Waals surface area contributed by atoms with E-state index in [1.165, 1.54) is 11.6 Å². The van der Waals surface area contributed by atoms with Crippen LogP contribution < -0.4 is 20.9 Å². The van der Waals surface area contributed by atoms with Gasteiger partial charge < -0.3 is 19.3 Å². The zero-order valence-electron chi connectivity index (χ0n) is 19.1. The number of aryl methyl sites for hydroxylation is 2. The molecule has 172 valence electrons. The molecule has 4 rings (SSSR count). The number of hydrogen-bond acceptors (Lipinski definition) is 6. The van der Waals surface area contributed by atoms with Gasteiger partial charge in [-0.15, -0.1) is 0 Å². The summed E-state index contributed by atoms with van der Waals surface area (Å²) in [4.78, 5) is 32.3. The minimum absolute atomic E-state index is 0.0751. The van der Waals surface area contributed by atoms with Crippen LogP contribution >= 0.6 is 0 Å². The predicted octanol–water partition coefficient (Wildman–Crippen LogP) is 1.42. The van der Waals surface area contributed by atoms with E-state index in [0.717, 1.165) is 36.1 Å². The number of benzene rings is 1. The van der Waals surface area contributed by atoms with Crippen LogP contribution in [0.4, 0.5) is 5.95 Å². The second-order valence-corrected chi connectivity index (χ2v) is 8.85. The highest BCUT2D eigenvalue weighted by molar-refractivity contribution is 5.74. The zero-order valence-corrected chi connectivity index (χ0v) is 19.1. The van der Waals surface area contributed by atoms with Gasteiger partial charge in [-0.1, -0.05) is 19.1 Å². The zero-order chi connectivity index (χ0) is 23.0. The molecule has 1 unspecified atom stereocenters. The number of nitrogens with zero attached hydrogens (tertiary/aromatic N) is 5. The van der Waals surface area contributed by atoms with Crippen molar-refractivity contribution in [3.05, 3.63) is 50.7 Å². The Morgan fingerprint density at radius 3 is 2.59 bits per heavy atom. The summed E-state index contributed by atoms with van der Waals surface area (Å²) in [5.41, 5.74) is 0.883. The van der Waals surface area contributed by atoms with Crippen LogP contribution in [0.25, 0.3) is 11.2 Å². The Morgan fingerprint density at radius 2 is 1.91 bits per heavy atom. The smallest absolute Gasteiger partial charge is 0.332 e. The molecule has 0 saturated carbocycles. The monoisotopic (exact) mass is 441 g/mol. The van der Waals surface area contributed by atoms with Crippen LogP contribution in [0.3, 0.4) is 0 Å². The van der Waals surface area contributed by atoms with E-state index in [-0.39, 0.29) is 13.2 Å². The van der Waals surface area contributed by atoms with Crippen LogP contribution in [0.1, 0.15) is 25.3 Å². The van der Waals surface area contributed by atoms with E-state index in [1.807, 2.05) is 31.2 Å². The highest BCUT2D eigenvalue weighted by Crippen LogP contribution is 2.25. The maximum Gasteiger partial charge on any atom is 0.332 e. The molecule has 9 nitrogen and oxygen atoms in total. The fourth-order valence-electron chi connectivity index (χ4n) is 4.22. The molecule has 2 aromatic heterocycles. The SMILES string of the molecule is Cc1cccc(OCC(O)Cn2c(N3CCC(C)CC3)nc3c2c(=O)n(C)c(=O)n3C)c1. The molecule has 0 amide bonds. The number of rotatable bonds is 6. The summed E-state index contributed by atoms with van der Waals surface area (Å²) in [6.07, 6.45) is 1.19. The Morgan fingerprint density at radius 1 is 1.19 bits per heavy atom. The third-order valence-corrected chi connectivity index (χ3v) is 6.22. The summed E-state index contributed by atoms with van der Waals surface area (Å²) in [6, 6.07) is 7.64. The molecule has 1 N–H and O–H groups in total. The summed E-state index contributed by atoms with van der Waals surface area (Å²) < 4.78 is 9.99. The number of piperidine rings is 1. The first-order chi connectivity index (χ1) is 15.3. The van der Waals surface area contributed by atoms with Crippen LogP contribution in [0.15, 0.2) is 33.9 Å². The van der Waals surface area contributed by atoms with Crippen molar-refractivity contribution in [2.45, 2.75) is 39.3 Å². The Labute approximate surface area is 186 Å². The molecule has 1 aromatic carbocycles. The normalized spacial score (nSPS) is 16.0. The summed E-state index contributed by atoms with van der Waals surface area (Å²) in [5.74, 6) is 1.93. The number of ether oxygens (including phenoxy) is 1. The first kappa shape index (κ1) is 22.1. The van der Waals surface area contributed by atoms with Gasteiger partial charge in [0, 0.05) is 27.2 Å². The fraction of sp³-hybridized carbons (Fsp3) is 0.522. The topological polar surface area (TPSA) is 94.5 Å². The highest BCUT2D eigenvalue weighted by Gasteiger charge is 2.26. The number of fused-ring (bicyclic) bond motifs is 1. The Hall–Kier alpha value is -3.07. The van der Waals surface area contributed by atoms with Crippen molar-refractivity contribution in [3.63, 3.8) is 0 Å². The fourth-order valence-corrected chi connectivity index (χ4v) is 4.22. The summed E-state index contributed by atoms with van der Waals surface area (Å²) >= 11 is 0. The molecule has 3 heterocycles. The number of aromatic nitrogens is 4. The molecule has 1 fully saturated rings. The summed E-state index contributed by atoms with van der Waals surface area (Å²) in [7, 11) is 3.07. The Bertz CT molecular complexity index is 1230. The van der Waals surface area contributed by atoms with E-state index >= 15 is 0 Å². The lowest BCUT2D eigenvalue weighted by molar-refractivity contribution is 0.0935. The second-order valence-electron chi connectivity index (χ2n) is 8.85. The molecule has 3 aromatic rings. The van der Waals surface area contributed by atoms with Crippen molar-refractivity contribution >= 4 is 17.1 Å². The quantitative estimate of drug-likeness (QED) is 0.622. The molecule has 0 spiro atoms. The summed E-state index contributed by atoms with van der Waals surface area (Å²) in [6.45, 7) is 6.05. The van der Waals surface area contributed by atoms with E-state index in [9.17, 15) is 14.7 Å². The molecular formula is C23H31N5O4.